The number of carbonyl (C=O) groups is 2. The quantitative estimate of drug-likeness (QED) is 0.507. The van der Waals surface area contributed by atoms with Crippen LogP contribution >= 0.6 is 11.6 Å². The van der Waals surface area contributed by atoms with E-state index in [1.165, 1.54) is 0 Å². The van der Waals surface area contributed by atoms with Crippen molar-refractivity contribution in [1.29, 1.82) is 0 Å². The third kappa shape index (κ3) is 5.68. The number of nitrogens with zero attached hydrogens (tertiary/aromatic N) is 3. The Morgan fingerprint density at radius 2 is 1.91 bits per heavy atom. The van der Waals surface area contributed by atoms with Crippen molar-refractivity contribution in [2.24, 2.45) is 0 Å². The number of carbonyl (C=O) groups excluding carboxylic acids is 2. The molecule has 1 aromatic heterocycles. The number of hydrogen-bond acceptors (Lipinski definition) is 3. The lowest BCUT2D eigenvalue weighted by Gasteiger charge is -2.30. The van der Waals surface area contributed by atoms with E-state index in [0.717, 1.165) is 34.6 Å². The molecule has 1 fully saturated rings. The van der Waals surface area contributed by atoms with Crippen LogP contribution in [0.3, 0.4) is 0 Å². The van der Waals surface area contributed by atoms with Gasteiger partial charge in [-0.2, -0.15) is 5.10 Å². The highest BCUT2D eigenvalue weighted by Gasteiger charge is 2.38. The van der Waals surface area contributed by atoms with Gasteiger partial charge in [0.25, 0.3) is 0 Å². The highest BCUT2D eigenvalue weighted by atomic mass is 35.5. The van der Waals surface area contributed by atoms with Crippen LogP contribution in [0.5, 0.6) is 0 Å². The molecule has 1 saturated heterocycles. The van der Waals surface area contributed by atoms with Crippen molar-refractivity contribution < 1.29 is 9.59 Å². The molecular weight excluding hydrogens is 448 g/mol. The van der Waals surface area contributed by atoms with Gasteiger partial charge in [0.2, 0.25) is 11.8 Å². The zero-order valence-corrected chi connectivity index (χ0v) is 20.7. The molecule has 1 N–H and O–H groups in total. The molecule has 0 saturated carbocycles. The van der Waals surface area contributed by atoms with Gasteiger partial charge in [-0.1, -0.05) is 35.9 Å². The Balaban J connectivity index is 1.40. The van der Waals surface area contributed by atoms with Crippen molar-refractivity contribution in [2.75, 3.05) is 7.05 Å². The minimum Gasteiger partial charge on any atom is -0.350 e. The highest BCUT2D eigenvalue weighted by Crippen LogP contribution is 2.30. The Morgan fingerprint density at radius 1 is 1.15 bits per heavy atom. The molecule has 0 radical (unpaired) electrons. The van der Waals surface area contributed by atoms with Crippen LogP contribution in [0.1, 0.15) is 48.2 Å². The Labute approximate surface area is 205 Å². The first kappa shape index (κ1) is 24.0. The second kappa shape index (κ2) is 10.0. The summed E-state index contributed by atoms with van der Waals surface area (Å²) in [6.07, 6.45) is 2.91. The Morgan fingerprint density at radius 3 is 2.56 bits per heavy atom. The summed E-state index contributed by atoms with van der Waals surface area (Å²) >= 11 is 6.02. The molecule has 2 heterocycles. The van der Waals surface area contributed by atoms with Gasteiger partial charge in [-0.3, -0.25) is 9.59 Å². The van der Waals surface area contributed by atoms with Gasteiger partial charge in [0.15, 0.2) is 0 Å². The molecule has 0 spiro atoms. The summed E-state index contributed by atoms with van der Waals surface area (Å²) in [6, 6.07) is 17.9. The Kier molecular flexibility index (Phi) is 7.08. The van der Waals surface area contributed by atoms with Crippen LogP contribution in [0, 0.1) is 13.8 Å². The van der Waals surface area contributed by atoms with Gasteiger partial charge < -0.3 is 10.2 Å². The molecule has 3 aromatic rings. The van der Waals surface area contributed by atoms with Crippen molar-refractivity contribution in [3.8, 4) is 5.69 Å². The maximum atomic E-state index is 13.0. The smallest absolute Gasteiger partial charge is 0.222 e. The topological polar surface area (TPSA) is 67.2 Å². The molecular formula is C27H31ClN4O2. The normalized spacial score (nSPS) is 17.6. The third-order valence-electron chi connectivity index (χ3n) is 6.52. The summed E-state index contributed by atoms with van der Waals surface area (Å²) in [7, 11) is 1.83. The lowest BCUT2D eigenvalue weighted by Crippen LogP contribution is -2.44. The first-order valence-corrected chi connectivity index (χ1v) is 12.0. The number of rotatable bonds is 8. The average Bonchev–Trinajstić information content (AvgIpc) is 3.35. The number of aryl methyl sites for hydroxylation is 2. The van der Waals surface area contributed by atoms with E-state index < -0.39 is 5.54 Å². The van der Waals surface area contributed by atoms with E-state index in [1.807, 2.05) is 74.1 Å². The maximum Gasteiger partial charge on any atom is 0.222 e. The van der Waals surface area contributed by atoms with E-state index in [4.69, 9.17) is 11.6 Å². The number of hydrogen-bond donors (Lipinski definition) is 1. The molecule has 2 amide bonds. The molecule has 4 rings (SSSR count). The van der Waals surface area contributed by atoms with E-state index >= 15 is 0 Å². The van der Waals surface area contributed by atoms with E-state index in [1.54, 1.807) is 4.90 Å². The minimum absolute atomic E-state index is 0.0516. The van der Waals surface area contributed by atoms with Crippen molar-refractivity contribution in [3.63, 3.8) is 0 Å². The SMILES string of the molecule is Cc1cc(C)n(-c2cccc(CN(C)C(=O)CCC3(Cc4ccc(Cl)cc4)CCC(=O)N3)c2)n1. The maximum absolute atomic E-state index is 13.0. The zero-order valence-electron chi connectivity index (χ0n) is 20.0. The molecule has 1 atom stereocenters. The molecule has 2 aromatic carbocycles. The van der Waals surface area contributed by atoms with Crippen molar-refractivity contribution in [3.05, 3.63) is 82.1 Å². The van der Waals surface area contributed by atoms with Crippen molar-refractivity contribution in [2.45, 2.75) is 58.0 Å². The summed E-state index contributed by atoms with van der Waals surface area (Å²) in [4.78, 5) is 26.8. The number of benzene rings is 2. The largest absolute Gasteiger partial charge is 0.350 e. The van der Waals surface area contributed by atoms with Crippen LogP contribution in [0.2, 0.25) is 5.02 Å². The number of aromatic nitrogens is 2. The fourth-order valence-corrected chi connectivity index (χ4v) is 4.88. The average molecular weight is 479 g/mol. The van der Waals surface area contributed by atoms with Gasteiger partial charge in [-0.15, -0.1) is 0 Å². The van der Waals surface area contributed by atoms with Gasteiger partial charge in [-0.25, -0.2) is 4.68 Å². The molecule has 1 aliphatic heterocycles. The summed E-state index contributed by atoms with van der Waals surface area (Å²) in [5, 5.41) is 8.40. The van der Waals surface area contributed by atoms with Crippen molar-refractivity contribution in [1.82, 2.24) is 20.0 Å². The number of halogens is 1. The molecule has 0 bridgehead atoms. The van der Waals surface area contributed by atoms with Crippen LogP contribution in [0.4, 0.5) is 0 Å². The molecule has 7 heteroatoms. The molecule has 1 aliphatic rings. The van der Waals surface area contributed by atoms with Crippen LogP contribution in [0.15, 0.2) is 54.6 Å². The number of amides is 2. The summed E-state index contributed by atoms with van der Waals surface area (Å²) < 4.78 is 1.92. The standard InChI is InChI=1S/C27H31ClN4O2/c1-19-15-20(2)32(30-19)24-6-4-5-22(16-24)18-31(3)26(34)12-14-27(13-11-25(33)29-27)17-21-7-9-23(28)10-8-21/h4-10,15-16H,11-14,17-18H2,1-3H3,(H,29,33). The fourth-order valence-electron chi connectivity index (χ4n) is 4.75. The minimum atomic E-state index is -0.392. The molecule has 0 aliphatic carbocycles. The lowest BCUT2D eigenvalue weighted by molar-refractivity contribution is -0.131. The van der Waals surface area contributed by atoms with Crippen LogP contribution in [-0.2, 0) is 22.6 Å². The predicted molar refractivity (Wildman–Crippen MR) is 134 cm³/mol. The van der Waals surface area contributed by atoms with E-state index in [0.29, 0.717) is 37.3 Å². The van der Waals surface area contributed by atoms with Gasteiger partial charge in [0, 0.05) is 42.7 Å². The molecule has 6 nitrogen and oxygen atoms in total. The third-order valence-corrected chi connectivity index (χ3v) is 6.77. The highest BCUT2D eigenvalue weighted by molar-refractivity contribution is 6.30. The molecule has 1 unspecified atom stereocenters. The lowest BCUT2D eigenvalue weighted by atomic mass is 9.85. The summed E-state index contributed by atoms with van der Waals surface area (Å²) in [6.45, 7) is 4.53. The van der Waals surface area contributed by atoms with Gasteiger partial charge >= 0.3 is 0 Å². The second-order valence-corrected chi connectivity index (χ2v) is 9.83. The first-order chi connectivity index (χ1) is 16.2. The monoisotopic (exact) mass is 478 g/mol. The Bertz CT molecular complexity index is 1190. The summed E-state index contributed by atoms with van der Waals surface area (Å²) in [5.41, 5.74) is 4.79. The van der Waals surface area contributed by atoms with Gasteiger partial charge in [0.05, 0.1) is 11.4 Å². The fraction of sp³-hybridized carbons (Fsp3) is 0.370. The van der Waals surface area contributed by atoms with Gasteiger partial charge in [-0.05, 0) is 74.6 Å². The first-order valence-electron chi connectivity index (χ1n) is 11.7. The van der Waals surface area contributed by atoms with E-state index in [-0.39, 0.29) is 11.8 Å². The Hall–Kier alpha value is -3.12. The van der Waals surface area contributed by atoms with E-state index in [2.05, 4.69) is 16.5 Å². The van der Waals surface area contributed by atoms with E-state index in [9.17, 15) is 9.59 Å². The zero-order chi connectivity index (χ0) is 24.3. The molecule has 34 heavy (non-hydrogen) atoms. The summed E-state index contributed by atoms with van der Waals surface area (Å²) in [5.74, 6) is 0.115. The molecule has 178 valence electrons. The second-order valence-electron chi connectivity index (χ2n) is 9.39. The number of nitrogens with one attached hydrogen (secondary N) is 1. The van der Waals surface area contributed by atoms with Crippen LogP contribution < -0.4 is 5.32 Å². The van der Waals surface area contributed by atoms with Crippen molar-refractivity contribution >= 4 is 23.4 Å². The van der Waals surface area contributed by atoms with Gasteiger partial charge in [0.1, 0.15) is 0 Å². The van der Waals surface area contributed by atoms with Crippen LogP contribution in [0.25, 0.3) is 5.69 Å². The predicted octanol–water partition coefficient (Wildman–Crippen LogP) is 4.77. The van der Waals surface area contributed by atoms with Crippen LogP contribution in [-0.4, -0.2) is 39.1 Å².